The Bertz CT molecular complexity index is 558. The van der Waals surface area contributed by atoms with Crippen LogP contribution in [0.15, 0.2) is 14.7 Å². The monoisotopic (exact) mass is 408 g/mol. The lowest BCUT2D eigenvalue weighted by Crippen LogP contribution is -2.28. The predicted octanol–water partition coefficient (Wildman–Crippen LogP) is 3.24. The Hall–Kier alpha value is -0.160. The summed E-state index contributed by atoms with van der Waals surface area (Å²) in [6, 6.07) is 1.47. The summed E-state index contributed by atoms with van der Waals surface area (Å²) in [7, 11) is -3.94. The third-order valence-electron chi connectivity index (χ3n) is 2.42. The molecule has 0 aliphatic heterocycles. The van der Waals surface area contributed by atoms with Gasteiger partial charge < -0.3 is 5.32 Å². The van der Waals surface area contributed by atoms with E-state index in [2.05, 4.69) is 21.2 Å². The molecule has 0 radical (unpaired) electrons. The van der Waals surface area contributed by atoms with Crippen molar-refractivity contribution >= 4 is 37.3 Å². The first-order valence-electron chi connectivity index (χ1n) is 6.21. The van der Waals surface area contributed by atoms with E-state index in [-0.39, 0.29) is 4.90 Å². The number of hydrogen-bond donors (Lipinski definition) is 2. The van der Waals surface area contributed by atoms with Gasteiger partial charge in [0.1, 0.15) is 4.90 Å². The smallest absolute Gasteiger partial charge is 0.312 e. The van der Waals surface area contributed by atoms with Crippen LogP contribution in [0.4, 0.5) is 13.2 Å². The Balaban J connectivity index is 2.70. The first kappa shape index (κ1) is 18.9. The van der Waals surface area contributed by atoms with Gasteiger partial charge in [-0.2, -0.15) is 13.2 Å². The first-order valence-corrected chi connectivity index (χ1v) is 9.30. The molecule has 0 unspecified atom stereocenters. The molecule has 1 rings (SSSR count). The Morgan fingerprint density at radius 2 is 2.00 bits per heavy atom. The Morgan fingerprint density at radius 1 is 1.33 bits per heavy atom. The highest BCUT2D eigenvalue weighted by Gasteiger charge is 2.28. The molecular formula is C11H16BrF3N2O2S2. The van der Waals surface area contributed by atoms with Gasteiger partial charge in [0, 0.05) is 18.0 Å². The first-order chi connectivity index (χ1) is 9.65. The maximum Gasteiger partial charge on any atom is 0.390 e. The number of alkyl halides is 3. The number of nitrogens with one attached hydrogen (secondary N) is 2. The Morgan fingerprint density at radius 3 is 2.57 bits per heavy atom. The number of rotatable bonds is 8. The molecule has 0 aromatic carbocycles. The second-order valence-corrected chi connectivity index (χ2v) is 8.48. The third kappa shape index (κ3) is 6.64. The van der Waals surface area contributed by atoms with Crippen LogP contribution in [0.5, 0.6) is 0 Å². The van der Waals surface area contributed by atoms with Crippen molar-refractivity contribution in [1.29, 1.82) is 0 Å². The summed E-state index contributed by atoms with van der Waals surface area (Å²) in [6.45, 7) is 2.67. The molecule has 0 saturated carbocycles. The fourth-order valence-electron chi connectivity index (χ4n) is 1.46. The van der Waals surface area contributed by atoms with Crippen molar-refractivity contribution in [3.05, 3.63) is 14.7 Å². The lowest BCUT2D eigenvalue weighted by Gasteiger charge is -2.08. The summed E-state index contributed by atoms with van der Waals surface area (Å²) >= 11 is 4.39. The maximum atomic E-state index is 12.0. The minimum Gasteiger partial charge on any atom is -0.312 e. The minimum atomic E-state index is -4.39. The van der Waals surface area contributed by atoms with Crippen LogP contribution in [-0.4, -0.2) is 27.7 Å². The van der Waals surface area contributed by atoms with Crippen LogP contribution in [0.3, 0.4) is 0 Å². The van der Waals surface area contributed by atoms with Crippen molar-refractivity contribution in [1.82, 2.24) is 10.0 Å². The van der Waals surface area contributed by atoms with Gasteiger partial charge in [-0.3, -0.25) is 0 Å². The summed E-state index contributed by atoms with van der Waals surface area (Å²) in [6.07, 6.45) is -4.63. The van der Waals surface area contributed by atoms with E-state index in [0.29, 0.717) is 10.3 Å². The lowest BCUT2D eigenvalue weighted by atomic mass is 10.4. The molecule has 0 atom stereocenters. The van der Waals surface area contributed by atoms with Gasteiger partial charge in [-0.15, -0.1) is 11.3 Å². The minimum absolute atomic E-state index is 0.0250. The van der Waals surface area contributed by atoms with Crippen molar-refractivity contribution in [2.75, 3.05) is 13.1 Å². The van der Waals surface area contributed by atoms with Crippen LogP contribution in [0, 0.1) is 0 Å². The molecule has 0 spiro atoms. The van der Waals surface area contributed by atoms with Gasteiger partial charge in [0.15, 0.2) is 0 Å². The van der Waals surface area contributed by atoms with Crippen LogP contribution < -0.4 is 10.0 Å². The van der Waals surface area contributed by atoms with Crippen LogP contribution in [0.1, 0.15) is 24.6 Å². The van der Waals surface area contributed by atoms with Crippen LogP contribution in [0.2, 0.25) is 0 Å². The van der Waals surface area contributed by atoms with E-state index in [1.54, 1.807) is 0 Å². The summed E-state index contributed by atoms with van der Waals surface area (Å²) in [5.41, 5.74) is 0. The molecule has 0 bridgehead atoms. The fraction of sp³-hybridized carbons (Fsp3) is 0.636. The molecule has 0 amide bonds. The van der Waals surface area contributed by atoms with E-state index >= 15 is 0 Å². The van der Waals surface area contributed by atoms with Crippen molar-refractivity contribution in [2.45, 2.75) is 37.4 Å². The third-order valence-corrected chi connectivity index (χ3v) is 6.14. The highest BCUT2D eigenvalue weighted by molar-refractivity contribution is 9.11. The zero-order chi connectivity index (χ0) is 16.1. The molecule has 0 fully saturated rings. The fourth-order valence-corrected chi connectivity index (χ4v) is 5.14. The van der Waals surface area contributed by atoms with Gasteiger partial charge >= 0.3 is 6.18 Å². The van der Waals surface area contributed by atoms with Crippen molar-refractivity contribution in [3.63, 3.8) is 0 Å². The average Bonchev–Trinajstić information content (AvgIpc) is 2.69. The summed E-state index contributed by atoms with van der Waals surface area (Å²) < 4.78 is 62.4. The van der Waals surface area contributed by atoms with Crippen molar-refractivity contribution in [3.8, 4) is 0 Å². The van der Waals surface area contributed by atoms with E-state index in [9.17, 15) is 21.6 Å². The summed E-state index contributed by atoms with van der Waals surface area (Å²) in [5, 5.41) is 3.13. The second kappa shape index (κ2) is 7.91. The number of hydrogen-bond acceptors (Lipinski definition) is 4. The molecule has 4 nitrogen and oxygen atoms in total. The van der Waals surface area contributed by atoms with E-state index in [0.717, 1.165) is 17.8 Å². The molecule has 1 aromatic rings. The van der Waals surface area contributed by atoms with E-state index < -0.39 is 29.2 Å². The van der Waals surface area contributed by atoms with E-state index in [4.69, 9.17) is 0 Å². The largest absolute Gasteiger partial charge is 0.390 e. The van der Waals surface area contributed by atoms with Gasteiger partial charge in [-0.1, -0.05) is 6.92 Å². The van der Waals surface area contributed by atoms with Crippen LogP contribution in [-0.2, 0) is 16.6 Å². The van der Waals surface area contributed by atoms with Crippen molar-refractivity contribution in [2.24, 2.45) is 0 Å². The van der Waals surface area contributed by atoms with Gasteiger partial charge in [-0.25, -0.2) is 13.1 Å². The molecule has 1 heterocycles. The molecule has 122 valence electrons. The van der Waals surface area contributed by atoms with Gasteiger partial charge in [0.2, 0.25) is 10.0 Å². The van der Waals surface area contributed by atoms with Crippen LogP contribution >= 0.6 is 27.3 Å². The van der Waals surface area contributed by atoms with E-state index in [1.165, 1.54) is 17.4 Å². The number of thiophene rings is 1. The molecule has 1 aromatic heterocycles. The Kier molecular flexibility index (Phi) is 7.11. The standard InChI is InChI=1S/C11H16BrF3N2O2S2/c1-2-4-16-7-8-6-9(10(12)20-8)21(18,19)17-5-3-11(13,14)15/h6,16-17H,2-5,7H2,1H3. The average molecular weight is 409 g/mol. The molecule has 0 saturated heterocycles. The number of sulfonamides is 1. The normalized spacial score (nSPS) is 12.8. The van der Waals surface area contributed by atoms with Gasteiger partial charge in [0.25, 0.3) is 0 Å². The van der Waals surface area contributed by atoms with Crippen LogP contribution in [0.25, 0.3) is 0 Å². The van der Waals surface area contributed by atoms with E-state index in [1.807, 2.05) is 11.6 Å². The SMILES string of the molecule is CCCNCc1cc(S(=O)(=O)NCCC(F)(F)F)c(Br)s1. The van der Waals surface area contributed by atoms with Gasteiger partial charge in [-0.05, 0) is 35.0 Å². The quantitative estimate of drug-likeness (QED) is 0.649. The van der Waals surface area contributed by atoms with Gasteiger partial charge in [0.05, 0.1) is 10.2 Å². The highest BCUT2D eigenvalue weighted by atomic mass is 79.9. The molecular weight excluding hydrogens is 393 g/mol. The molecule has 0 aliphatic carbocycles. The summed E-state index contributed by atoms with van der Waals surface area (Å²) in [5.74, 6) is 0. The molecule has 10 heteroatoms. The zero-order valence-corrected chi connectivity index (χ0v) is 14.5. The zero-order valence-electron chi connectivity index (χ0n) is 11.3. The molecule has 0 aliphatic rings. The topological polar surface area (TPSA) is 58.2 Å². The number of halogens is 4. The summed E-state index contributed by atoms with van der Waals surface area (Å²) in [4.78, 5) is 0.773. The second-order valence-electron chi connectivity index (χ2n) is 4.29. The lowest BCUT2D eigenvalue weighted by molar-refractivity contribution is -0.132. The highest BCUT2D eigenvalue weighted by Crippen LogP contribution is 2.31. The predicted molar refractivity (Wildman–Crippen MR) is 79.9 cm³/mol. The maximum absolute atomic E-state index is 12.0. The molecule has 21 heavy (non-hydrogen) atoms. The molecule has 2 N–H and O–H groups in total. The Labute approximate surface area is 134 Å². The van der Waals surface area contributed by atoms with Crippen molar-refractivity contribution < 1.29 is 21.6 Å².